The molecule has 4 nitrogen and oxygen atoms in total. The van der Waals surface area contributed by atoms with Crippen LogP contribution in [0.15, 0.2) is 0 Å². The third-order valence-corrected chi connectivity index (χ3v) is 4.86. The van der Waals surface area contributed by atoms with E-state index in [1.165, 1.54) is 38.8 Å². The minimum absolute atomic E-state index is 0.0413. The zero-order chi connectivity index (χ0) is 15.3. The molecule has 2 fully saturated rings. The van der Waals surface area contributed by atoms with Crippen molar-refractivity contribution in [3.8, 4) is 0 Å². The number of nitrogens with zero attached hydrogens (tertiary/aromatic N) is 1. The minimum Gasteiger partial charge on any atom is -0.465 e. The van der Waals surface area contributed by atoms with Crippen LogP contribution in [0.3, 0.4) is 0 Å². The van der Waals surface area contributed by atoms with Crippen LogP contribution in [0, 0.1) is 0 Å². The van der Waals surface area contributed by atoms with E-state index in [9.17, 15) is 4.79 Å². The van der Waals surface area contributed by atoms with Crippen molar-refractivity contribution in [1.29, 1.82) is 0 Å². The number of carbonyl (C=O) groups is 1. The largest absolute Gasteiger partial charge is 0.465 e. The Morgan fingerprint density at radius 2 is 2.00 bits per heavy atom. The molecule has 0 amide bonds. The van der Waals surface area contributed by atoms with E-state index in [2.05, 4.69) is 24.1 Å². The maximum atomic E-state index is 12.6. The van der Waals surface area contributed by atoms with Crippen molar-refractivity contribution < 1.29 is 9.53 Å². The standard InChI is InChI=1S/C17H32N2O2/c1-4-21-16(20)17(18-14(2)3)10-8-9-15(13-17)19-11-6-5-7-12-19/h14-15,18H,4-13H2,1-3H3. The number of hydrogen-bond acceptors (Lipinski definition) is 4. The molecule has 122 valence electrons. The summed E-state index contributed by atoms with van der Waals surface area (Å²) in [6.45, 7) is 8.99. The van der Waals surface area contributed by atoms with Crippen molar-refractivity contribution in [2.75, 3.05) is 19.7 Å². The van der Waals surface area contributed by atoms with Crippen LogP contribution in [-0.2, 0) is 9.53 Å². The lowest BCUT2D eigenvalue weighted by Gasteiger charge is -2.45. The Morgan fingerprint density at radius 1 is 1.29 bits per heavy atom. The first-order valence-corrected chi connectivity index (χ1v) is 8.76. The average Bonchev–Trinajstić information content (AvgIpc) is 2.48. The molecule has 2 atom stereocenters. The van der Waals surface area contributed by atoms with Crippen LogP contribution in [0.5, 0.6) is 0 Å². The Kier molecular flexibility index (Phi) is 6.06. The summed E-state index contributed by atoms with van der Waals surface area (Å²) in [7, 11) is 0. The number of carbonyl (C=O) groups excluding carboxylic acids is 1. The molecule has 0 aromatic rings. The van der Waals surface area contributed by atoms with Gasteiger partial charge in [-0.15, -0.1) is 0 Å². The number of likely N-dealkylation sites (tertiary alicyclic amines) is 1. The summed E-state index contributed by atoms with van der Waals surface area (Å²) in [6, 6.07) is 0.837. The van der Waals surface area contributed by atoms with Crippen LogP contribution in [0.1, 0.15) is 65.7 Å². The normalized spacial score (nSPS) is 31.3. The molecule has 4 heteroatoms. The first kappa shape index (κ1) is 16.8. The van der Waals surface area contributed by atoms with Crippen molar-refractivity contribution >= 4 is 5.97 Å². The van der Waals surface area contributed by atoms with Gasteiger partial charge in [-0.2, -0.15) is 0 Å². The molecule has 0 aromatic heterocycles. The van der Waals surface area contributed by atoms with Crippen molar-refractivity contribution in [2.24, 2.45) is 0 Å². The summed E-state index contributed by atoms with van der Waals surface area (Å²) in [6.07, 6.45) is 8.12. The third-order valence-electron chi connectivity index (χ3n) is 4.86. The van der Waals surface area contributed by atoms with Crippen molar-refractivity contribution in [1.82, 2.24) is 10.2 Å². The Labute approximate surface area is 129 Å². The highest BCUT2D eigenvalue weighted by atomic mass is 16.5. The van der Waals surface area contributed by atoms with Crippen molar-refractivity contribution in [3.05, 3.63) is 0 Å². The van der Waals surface area contributed by atoms with Crippen LogP contribution < -0.4 is 5.32 Å². The van der Waals surface area contributed by atoms with Gasteiger partial charge in [-0.3, -0.25) is 10.1 Å². The highest BCUT2D eigenvalue weighted by Crippen LogP contribution is 2.34. The summed E-state index contributed by atoms with van der Waals surface area (Å²) in [5, 5.41) is 3.55. The molecule has 0 bridgehead atoms. The molecule has 2 unspecified atom stereocenters. The maximum Gasteiger partial charge on any atom is 0.326 e. The number of nitrogens with one attached hydrogen (secondary N) is 1. The minimum atomic E-state index is -0.468. The summed E-state index contributed by atoms with van der Waals surface area (Å²) >= 11 is 0. The lowest BCUT2D eigenvalue weighted by molar-refractivity contribution is -0.154. The molecule has 1 saturated carbocycles. The number of hydrogen-bond donors (Lipinski definition) is 1. The lowest BCUT2D eigenvalue weighted by Crippen LogP contribution is -2.61. The second-order valence-corrected chi connectivity index (χ2v) is 6.95. The van der Waals surface area contributed by atoms with Gasteiger partial charge in [0.1, 0.15) is 5.54 Å². The number of ether oxygens (including phenoxy) is 1. The van der Waals surface area contributed by atoms with E-state index in [-0.39, 0.29) is 5.97 Å². The van der Waals surface area contributed by atoms with E-state index in [4.69, 9.17) is 4.74 Å². The molecule has 1 N–H and O–H groups in total. The van der Waals surface area contributed by atoms with E-state index in [0.717, 1.165) is 19.3 Å². The zero-order valence-corrected chi connectivity index (χ0v) is 14.0. The second-order valence-electron chi connectivity index (χ2n) is 6.95. The number of rotatable bonds is 5. The molecule has 1 aliphatic heterocycles. The fourth-order valence-corrected chi connectivity index (χ4v) is 4.04. The summed E-state index contributed by atoms with van der Waals surface area (Å²) in [5.74, 6) is -0.0413. The van der Waals surface area contributed by atoms with E-state index < -0.39 is 5.54 Å². The summed E-state index contributed by atoms with van der Waals surface area (Å²) < 4.78 is 5.40. The van der Waals surface area contributed by atoms with Gasteiger partial charge in [0, 0.05) is 12.1 Å². The second kappa shape index (κ2) is 7.59. The molecule has 1 aliphatic carbocycles. The van der Waals surface area contributed by atoms with Crippen molar-refractivity contribution in [2.45, 2.75) is 83.3 Å². The van der Waals surface area contributed by atoms with Gasteiger partial charge in [0.15, 0.2) is 0 Å². The fourth-order valence-electron chi connectivity index (χ4n) is 4.04. The van der Waals surface area contributed by atoms with Crippen LogP contribution in [0.2, 0.25) is 0 Å². The Hall–Kier alpha value is -0.610. The van der Waals surface area contributed by atoms with E-state index in [0.29, 0.717) is 18.7 Å². The highest BCUT2D eigenvalue weighted by Gasteiger charge is 2.45. The summed E-state index contributed by atoms with van der Waals surface area (Å²) in [5.41, 5.74) is -0.468. The number of esters is 1. The van der Waals surface area contributed by atoms with Gasteiger partial charge in [-0.1, -0.05) is 6.42 Å². The van der Waals surface area contributed by atoms with Gasteiger partial charge in [0.25, 0.3) is 0 Å². The molecule has 1 heterocycles. The molecule has 0 spiro atoms. The van der Waals surface area contributed by atoms with Gasteiger partial charge in [-0.05, 0) is 72.4 Å². The predicted molar refractivity (Wildman–Crippen MR) is 85.3 cm³/mol. The van der Waals surface area contributed by atoms with Gasteiger partial charge < -0.3 is 9.64 Å². The molecule has 1 saturated heterocycles. The smallest absolute Gasteiger partial charge is 0.326 e. The quantitative estimate of drug-likeness (QED) is 0.792. The monoisotopic (exact) mass is 296 g/mol. The Bertz CT molecular complexity index is 340. The van der Waals surface area contributed by atoms with Gasteiger partial charge in [0.05, 0.1) is 6.61 Å². The molecule has 2 aliphatic rings. The molecule has 2 rings (SSSR count). The average molecular weight is 296 g/mol. The van der Waals surface area contributed by atoms with Crippen LogP contribution >= 0.6 is 0 Å². The van der Waals surface area contributed by atoms with E-state index >= 15 is 0 Å². The van der Waals surface area contributed by atoms with Crippen molar-refractivity contribution in [3.63, 3.8) is 0 Å². The van der Waals surface area contributed by atoms with Gasteiger partial charge in [-0.25, -0.2) is 0 Å². The predicted octanol–water partition coefficient (Wildman–Crippen LogP) is 2.71. The molecule has 0 aromatic carbocycles. The fraction of sp³-hybridized carbons (Fsp3) is 0.941. The Balaban J connectivity index is 2.09. The molecule has 0 radical (unpaired) electrons. The molecule has 21 heavy (non-hydrogen) atoms. The van der Waals surface area contributed by atoms with E-state index in [1.807, 2.05) is 6.92 Å². The van der Waals surface area contributed by atoms with Crippen LogP contribution in [0.25, 0.3) is 0 Å². The molecular weight excluding hydrogens is 264 g/mol. The first-order valence-electron chi connectivity index (χ1n) is 8.76. The first-order chi connectivity index (χ1) is 10.1. The maximum absolute atomic E-state index is 12.6. The van der Waals surface area contributed by atoms with E-state index in [1.54, 1.807) is 0 Å². The molecular formula is C17H32N2O2. The van der Waals surface area contributed by atoms with Crippen LogP contribution in [-0.4, -0.2) is 48.2 Å². The van der Waals surface area contributed by atoms with Crippen LogP contribution in [0.4, 0.5) is 0 Å². The summed E-state index contributed by atoms with van der Waals surface area (Å²) in [4.78, 5) is 15.2. The topological polar surface area (TPSA) is 41.6 Å². The lowest BCUT2D eigenvalue weighted by atomic mass is 9.77. The van der Waals surface area contributed by atoms with Gasteiger partial charge >= 0.3 is 5.97 Å². The van der Waals surface area contributed by atoms with Gasteiger partial charge in [0.2, 0.25) is 0 Å². The third kappa shape index (κ3) is 4.19. The SMILES string of the molecule is CCOC(=O)C1(NC(C)C)CCCC(N2CCCCC2)C1. The Morgan fingerprint density at radius 3 is 2.62 bits per heavy atom. The highest BCUT2D eigenvalue weighted by molar-refractivity contribution is 5.81. The zero-order valence-electron chi connectivity index (χ0n) is 14.0. The number of piperidine rings is 1.